The Labute approximate surface area is 71.4 Å². The van der Waals surface area contributed by atoms with E-state index in [1.165, 1.54) is 25.7 Å². The van der Waals surface area contributed by atoms with Gasteiger partial charge in [-0.3, -0.25) is 0 Å². The number of hydrogen-bond acceptors (Lipinski definition) is 0. The lowest BCUT2D eigenvalue weighted by molar-refractivity contribution is 0.195. The van der Waals surface area contributed by atoms with Crippen LogP contribution in [0.2, 0.25) is 0 Å². The van der Waals surface area contributed by atoms with Crippen molar-refractivity contribution in [1.29, 1.82) is 0 Å². The highest BCUT2D eigenvalue weighted by atomic mass is 14.3. The Morgan fingerprint density at radius 2 is 1.73 bits per heavy atom. The van der Waals surface area contributed by atoms with Gasteiger partial charge < -0.3 is 0 Å². The maximum Gasteiger partial charge on any atom is -0.0326 e. The molecule has 11 heavy (non-hydrogen) atoms. The minimum Gasteiger partial charge on any atom is -0.0625 e. The number of rotatable bonds is 0. The first-order valence-corrected chi connectivity index (χ1v) is 5.02. The Bertz CT molecular complexity index is 124. The molecule has 1 saturated carbocycles. The molecular weight excluding hydrogens is 132 g/mol. The van der Waals surface area contributed by atoms with E-state index in [4.69, 9.17) is 0 Å². The predicted octanol–water partition coefficient (Wildman–Crippen LogP) is 3.86. The molecule has 0 spiro atoms. The summed E-state index contributed by atoms with van der Waals surface area (Å²) in [6, 6.07) is 0. The van der Waals surface area contributed by atoms with E-state index in [0.717, 1.165) is 11.8 Å². The molecule has 1 aliphatic rings. The van der Waals surface area contributed by atoms with Crippen molar-refractivity contribution in [2.45, 2.75) is 53.4 Å². The molecule has 0 heteroatoms. The Balaban J connectivity index is 2.60. The van der Waals surface area contributed by atoms with Gasteiger partial charge in [0.15, 0.2) is 0 Å². The van der Waals surface area contributed by atoms with Gasteiger partial charge in [-0.2, -0.15) is 0 Å². The minimum atomic E-state index is 0.593. The van der Waals surface area contributed by atoms with Gasteiger partial charge in [-0.15, -0.1) is 0 Å². The van der Waals surface area contributed by atoms with Crippen molar-refractivity contribution in [3.05, 3.63) is 0 Å². The zero-order valence-electron chi connectivity index (χ0n) is 8.48. The summed E-state index contributed by atoms with van der Waals surface area (Å²) in [5.74, 6) is 1.88. The van der Waals surface area contributed by atoms with E-state index >= 15 is 0 Å². The molecule has 0 saturated heterocycles. The van der Waals surface area contributed by atoms with E-state index in [9.17, 15) is 0 Å². The Hall–Kier alpha value is 0. The summed E-state index contributed by atoms with van der Waals surface area (Å²) in [5, 5.41) is 0. The predicted molar refractivity (Wildman–Crippen MR) is 50.6 cm³/mol. The van der Waals surface area contributed by atoms with E-state index in [1.54, 1.807) is 0 Å². The lowest BCUT2D eigenvalue weighted by Gasteiger charge is -2.31. The Morgan fingerprint density at radius 3 is 2.36 bits per heavy atom. The molecule has 2 atom stereocenters. The van der Waals surface area contributed by atoms with Crippen LogP contribution in [0.5, 0.6) is 0 Å². The van der Waals surface area contributed by atoms with Crippen molar-refractivity contribution < 1.29 is 0 Å². The molecule has 0 nitrogen and oxygen atoms in total. The molecular formula is C11H22. The molecule has 1 rings (SSSR count). The van der Waals surface area contributed by atoms with E-state index in [1.807, 2.05) is 0 Å². The van der Waals surface area contributed by atoms with Crippen molar-refractivity contribution in [2.75, 3.05) is 0 Å². The molecule has 66 valence electrons. The molecule has 1 fully saturated rings. The van der Waals surface area contributed by atoms with Crippen LogP contribution in [0.25, 0.3) is 0 Å². The van der Waals surface area contributed by atoms with Gasteiger partial charge >= 0.3 is 0 Å². The van der Waals surface area contributed by atoms with Gasteiger partial charge in [-0.1, -0.05) is 47.0 Å². The molecule has 0 heterocycles. The van der Waals surface area contributed by atoms with E-state index in [2.05, 4.69) is 27.7 Å². The monoisotopic (exact) mass is 154 g/mol. The smallest absolute Gasteiger partial charge is 0.0326 e. The third kappa shape index (κ3) is 2.21. The van der Waals surface area contributed by atoms with E-state index in [0.29, 0.717) is 5.41 Å². The average Bonchev–Trinajstić information content (AvgIpc) is 1.93. The summed E-state index contributed by atoms with van der Waals surface area (Å²) in [6.45, 7) is 9.68. The van der Waals surface area contributed by atoms with E-state index < -0.39 is 0 Å². The van der Waals surface area contributed by atoms with Gasteiger partial charge in [0.05, 0.1) is 0 Å². The maximum absolute atomic E-state index is 2.43. The summed E-state index contributed by atoms with van der Waals surface area (Å²) >= 11 is 0. The largest absolute Gasteiger partial charge is 0.0625 e. The number of hydrogen-bond donors (Lipinski definition) is 0. The van der Waals surface area contributed by atoms with Crippen LogP contribution in [0.1, 0.15) is 53.4 Å². The quantitative estimate of drug-likeness (QED) is 0.465. The molecule has 0 amide bonds. The third-order valence-electron chi connectivity index (χ3n) is 3.54. The maximum atomic E-state index is 2.43. The van der Waals surface area contributed by atoms with Crippen LogP contribution in [0, 0.1) is 17.3 Å². The molecule has 0 aromatic rings. The fraction of sp³-hybridized carbons (Fsp3) is 1.00. The minimum absolute atomic E-state index is 0.593. The molecule has 0 radical (unpaired) electrons. The average molecular weight is 154 g/mol. The molecule has 0 aromatic carbocycles. The zero-order chi connectivity index (χ0) is 8.48. The SMILES string of the molecule is CC1CCCC(C)C(C)(C)C1. The second-order valence-corrected chi connectivity index (χ2v) is 5.13. The summed E-state index contributed by atoms with van der Waals surface area (Å²) in [4.78, 5) is 0. The first-order chi connectivity index (χ1) is 5.02. The van der Waals surface area contributed by atoms with Gasteiger partial charge in [0.25, 0.3) is 0 Å². The molecule has 2 unspecified atom stereocenters. The van der Waals surface area contributed by atoms with Gasteiger partial charge in [-0.05, 0) is 23.7 Å². The Morgan fingerprint density at radius 1 is 1.09 bits per heavy atom. The highest BCUT2D eigenvalue weighted by Gasteiger charge is 2.29. The van der Waals surface area contributed by atoms with Gasteiger partial charge in [0.1, 0.15) is 0 Å². The van der Waals surface area contributed by atoms with Crippen molar-refractivity contribution in [3.8, 4) is 0 Å². The van der Waals surface area contributed by atoms with Crippen LogP contribution in [-0.2, 0) is 0 Å². The fourth-order valence-corrected chi connectivity index (χ4v) is 2.36. The molecule has 0 N–H and O–H groups in total. The van der Waals surface area contributed by atoms with Gasteiger partial charge in [0.2, 0.25) is 0 Å². The lowest BCUT2D eigenvalue weighted by Crippen LogP contribution is -2.21. The highest BCUT2D eigenvalue weighted by Crippen LogP contribution is 2.40. The fourth-order valence-electron chi connectivity index (χ4n) is 2.36. The second kappa shape index (κ2) is 3.16. The summed E-state index contributed by atoms with van der Waals surface area (Å²) in [5.41, 5.74) is 0.593. The van der Waals surface area contributed by atoms with Gasteiger partial charge in [0, 0.05) is 0 Å². The van der Waals surface area contributed by atoms with Crippen LogP contribution in [0.4, 0.5) is 0 Å². The first kappa shape index (κ1) is 9.09. The van der Waals surface area contributed by atoms with Crippen LogP contribution >= 0.6 is 0 Å². The second-order valence-electron chi connectivity index (χ2n) is 5.13. The van der Waals surface area contributed by atoms with Crippen LogP contribution in [0.15, 0.2) is 0 Å². The van der Waals surface area contributed by atoms with Crippen LogP contribution in [-0.4, -0.2) is 0 Å². The molecule has 1 aliphatic carbocycles. The first-order valence-electron chi connectivity index (χ1n) is 5.02. The normalized spacial score (nSPS) is 38.2. The van der Waals surface area contributed by atoms with Crippen molar-refractivity contribution in [2.24, 2.45) is 17.3 Å². The van der Waals surface area contributed by atoms with Crippen LogP contribution < -0.4 is 0 Å². The topological polar surface area (TPSA) is 0 Å². The summed E-state index contributed by atoms with van der Waals surface area (Å²) < 4.78 is 0. The van der Waals surface area contributed by atoms with E-state index in [-0.39, 0.29) is 0 Å². The lowest BCUT2D eigenvalue weighted by atomic mass is 9.75. The van der Waals surface area contributed by atoms with Crippen molar-refractivity contribution in [3.63, 3.8) is 0 Å². The summed E-state index contributed by atoms with van der Waals surface area (Å²) in [6.07, 6.45) is 5.77. The van der Waals surface area contributed by atoms with Crippen molar-refractivity contribution >= 4 is 0 Å². The summed E-state index contributed by atoms with van der Waals surface area (Å²) in [7, 11) is 0. The molecule has 0 bridgehead atoms. The third-order valence-corrected chi connectivity index (χ3v) is 3.54. The molecule has 0 aromatic heterocycles. The Kier molecular flexibility index (Phi) is 2.61. The van der Waals surface area contributed by atoms with Gasteiger partial charge in [-0.25, -0.2) is 0 Å². The standard InChI is InChI=1S/C11H22/c1-9-6-5-7-10(2)11(3,4)8-9/h9-10H,5-8H2,1-4H3. The zero-order valence-corrected chi connectivity index (χ0v) is 8.48. The molecule has 0 aliphatic heterocycles. The van der Waals surface area contributed by atoms with Crippen molar-refractivity contribution in [1.82, 2.24) is 0 Å². The highest BCUT2D eigenvalue weighted by molar-refractivity contribution is 4.80. The van der Waals surface area contributed by atoms with Crippen LogP contribution in [0.3, 0.4) is 0 Å².